The topological polar surface area (TPSA) is 105 Å². The van der Waals surface area contributed by atoms with Gasteiger partial charge in [0, 0.05) is 32.7 Å². The Hall–Kier alpha value is -2.29. The van der Waals surface area contributed by atoms with Crippen LogP contribution in [0.3, 0.4) is 0 Å². The zero-order chi connectivity index (χ0) is 20.8. The number of guanidine groups is 1. The summed E-state index contributed by atoms with van der Waals surface area (Å²) in [5.41, 5.74) is 5.51. The van der Waals surface area contributed by atoms with Crippen LogP contribution in [0.15, 0.2) is 40.2 Å². The van der Waals surface area contributed by atoms with Crippen molar-refractivity contribution in [3.63, 3.8) is 0 Å². The first-order valence-electron chi connectivity index (χ1n) is 9.39. The van der Waals surface area contributed by atoms with Gasteiger partial charge in [-0.25, -0.2) is 13.2 Å². The van der Waals surface area contributed by atoms with Gasteiger partial charge in [0.05, 0.1) is 10.6 Å². The van der Waals surface area contributed by atoms with Crippen LogP contribution in [-0.4, -0.2) is 74.3 Å². The van der Waals surface area contributed by atoms with E-state index in [0.29, 0.717) is 50.0 Å². The summed E-state index contributed by atoms with van der Waals surface area (Å²) < 4.78 is 29.8. The molecule has 156 valence electrons. The lowest BCUT2D eigenvalue weighted by Gasteiger charge is -2.36. The van der Waals surface area contributed by atoms with E-state index in [0.717, 1.165) is 0 Å². The second-order valence-corrected chi connectivity index (χ2v) is 9.79. The zero-order valence-electron chi connectivity index (χ0n) is 16.8. The summed E-state index contributed by atoms with van der Waals surface area (Å²) in [6.07, 6.45) is 0.0734. The summed E-state index contributed by atoms with van der Waals surface area (Å²) in [4.78, 5) is 20.2. The van der Waals surface area contributed by atoms with E-state index in [1.807, 2.05) is 25.7 Å². The van der Waals surface area contributed by atoms with E-state index >= 15 is 0 Å². The first kappa shape index (κ1) is 22.0. The molecular weight excluding hydrogens is 380 g/mol. The number of nitrogens with two attached hydrogens (primary N) is 1. The molecule has 0 spiro atoms. The summed E-state index contributed by atoms with van der Waals surface area (Å²) >= 11 is 0. The monoisotopic (exact) mass is 410 g/mol. The van der Waals surface area contributed by atoms with E-state index in [4.69, 9.17) is 10.5 Å². The van der Waals surface area contributed by atoms with Gasteiger partial charge in [-0.05, 0) is 39.3 Å². The number of benzene rings is 1. The van der Waals surface area contributed by atoms with E-state index in [1.165, 1.54) is 0 Å². The van der Waals surface area contributed by atoms with Gasteiger partial charge < -0.3 is 20.3 Å². The molecule has 0 unspecified atom stereocenters. The predicted molar refractivity (Wildman–Crippen MR) is 109 cm³/mol. The average Bonchev–Trinajstić information content (AvgIpc) is 2.64. The summed E-state index contributed by atoms with van der Waals surface area (Å²) in [5, 5.41) is 0. The number of carbonyl (C=O) groups is 1. The third kappa shape index (κ3) is 6.70. The van der Waals surface area contributed by atoms with Crippen LogP contribution in [-0.2, 0) is 14.6 Å². The molecule has 1 aromatic carbocycles. The van der Waals surface area contributed by atoms with Crippen molar-refractivity contribution in [3.8, 4) is 0 Å². The predicted octanol–water partition coefficient (Wildman–Crippen LogP) is 1.72. The Labute approximate surface area is 167 Å². The van der Waals surface area contributed by atoms with Crippen molar-refractivity contribution in [2.45, 2.75) is 37.7 Å². The fraction of sp³-hybridized carbons (Fsp3) is 0.579. The lowest BCUT2D eigenvalue weighted by Crippen LogP contribution is -2.53. The lowest BCUT2D eigenvalue weighted by atomic mass is 10.2. The zero-order valence-corrected chi connectivity index (χ0v) is 17.6. The van der Waals surface area contributed by atoms with E-state index < -0.39 is 15.4 Å². The fourth-order valence-electron chi connectivity index (χ4n) is 2.74. The van der Waals surface area contributed by atoms with Gasteiger partial charge in [0.25, 0.3) is 0 Å². The Kier molecular flexibility index (Phi) is 7.29. The van der Waals surface area contributed by atoms with E-state index in [2.05, 4.69) is 4.99 Å². The standard InChI is InChI=1S/C19H30N4O4S/c1-19(2,3)27-18(24)23-13-11-22(12-14-23)17(20)21-10-7-15-28(25,26)16-8-5-4-6-9-16/h4-6,8-9H,7,10-15H2,1-3H3,(H2,20,21). The normalized spacial score (nSPS) is 16.2. The maximum atomic E-state index is 12.2. The van der Waals surface area contributed by atoms with Gasteiger partial charge in [-0.2, -0.15) is 0 Å². The molecule has 0 radical (unpaired) electrons. The Morgan fingerprint density at radius 1 is 1.11 bits per heavy atom. The minimum absolute atomic E-state index is 0.0280. The highest BCUT2D eigenvalue weighted by molar-refractivity contribution is 7.91. The molecule has 1 amide bonds. The largest absolute Gasteiger partial charge is 0.444 e. The molecule has 0 aliphatic carbocycles. The van der Waals surface area contributed by atoms with Gasteiger partial charge >= 0.3 is 6.09 Å². The number of hydrogen-bond acceptors (Lipinski definition) is 5. The molecule has 0 aromatic heterocycles. The maximum absolute atomic E-state index is 12.2. The lowest BCUT2D eigenvalue weighted by molar-refractivity contribution is 0.0186. The van der Waals surface area contributed by atoms with Gasteiger partial charge in [0.2, 0.25) is 0 Å². The van der Waals surface area contributed by atoms with Gasteiger partial charge in [0.15, 0.2) is 15.8 Å². The van der Waals surface area contributed by atoms with Crippen LogP contribution in [0.5, 0.6) is 0 Å². The van der Waals surface area contributed by atoms with Crippen LogP contribution in [0.25, 0.3) is 0 Å². The molecule has 9 heteroatoms. The van der Waals surface area contributed by atoms with Crippen molar-refractivity contribution >= 4 is 21.9 Å². The number of aliphatic imine (C=N–C) groups is 1. The van der Waals surface area contributed by atoms with Crippen LogP contribution in [0.4, 0.5) is 4.79 Å². The number of sulfone groups is 1. The third-order valence-electron chi connectivity index (χ3n) is 4.20. The van der Waals surface area contributed by atoms with E-state index in [9.17, 15) is 13.2 Å². The Balaban J connectivity index is 1.77. The van der Waals surface area contributed by atoms with Crippen molar-refractivity contribution < 1.29 is 17.9 Å². The smallest absolute Gasteiger partial charge is 0.410 e. The molecule has 0 atom stereocenters. The van der Waals surface area contributed by atoms with Crippen LogP contribution in [0, 0.1) is 0 Å². The molecule has 0 bridgehead atoms. The molecule has 1 aliphatic rings. The summed E-state index contributed by atoms with van der Waals surface area (Å²) in [7, 11) is -3.30. The number of ether oxygens (including phenoxy) is 1. The molecule has 1 aliphatic heterocycles. The number of rotatable bonds is 5. The highest BCUT2D eigenvalue weighted by atomic mass is 32.2. The molecule has 8 nitrogen and oxygen atoms in total. The number of nitrogens with zero attached hydrogens (tertiary/aromatic N) is 3. The maximum Gasteiger partial charge on any atom is 0.410 e. The minimum Gasteiger partial charge on any atom is -0.444 e. The molecular formula is C19H30N4O4S. The van der Waals surface area contributed by atoms with Gasteiger partial charge in [-0.1, -0.05) is 18.2 Å². The van der Waals surface area contributed by atoms with Crippen molar-refractivity contribution in [1.29, 1.82) is 0 Å². The van der Waals surface area contributed by atoms with Crippen LogP contribution in [0.1, 0.15) is 27.2 Å². The van der Waals surface area contributed by atoms with E-state index in [1.54, 1.807) is 35.2 Å². The Morgan fingerprint density at radius 2 is 1.68 bits per heavy atom. The van der Waals surface area contributed by atoms with Crippen molar-refractivity contribution in [2.24, 2.45) is 10.7 Å². The molecule has 2 rings (SSSR count). The van der Waals surface area contributed by atoms with Gasteiger partial charge in [0.1, 0.15) is 5.60 Å². The molecule has 2 N–H and O–H groups in total. The molecule has 0 saturated carbocycles. The molecule has 28 heavy (non-hydrogen) atoms. The second kappa shape index (κ2) is 9.27. The third-order valence-corrected chi connectivity index (χ3v) is 6.02. The Bertz CT molecular complexity index is 780. The number of carbonyl (C=O) groups excluding carboxylic acids is 1. The quantitative estimate of drug-likeness (QED) is 0.450. The van der Waals surface area contributed by atoms with Crippen LogP contribution >= 0.6 is 0 Å². The van der Waals surface area contributed by atoms with Crippen molar-refractivity contribution in [3.05, 3.63) is 30.3 Å². The minimum atomic E-state index is -3.30. The number of piperazine rings is 1. The fourth-order valence-corrected chi connectivity index (χ4v) is 4.06. The molecule has 1 heterocycles. The summed E-state index contributed by atoms with van der Waals surface area (Å²) in [6, 6.07) is 8.39. The van der Waals surface area contributed by atoms with Crippen molar-refractivity contribution in [1.82, 2.24) is 9.80 Å². The summed E-state index contributed by atoms with van der Waals surface area (Å²) in [5.74, 6) is 0.404. The van der Waals surface area contributed by atoms with Crippen LogP contribution in [0.2, 0.25) is 0 Å². The molecule has 1 fully saturated rings. The first-order valence-corrected chi connectivity index (χ1v) is 11.0. The molecule has 1 saturated heterocycles. The first-order chi connectivity index (χ1) is 13.1. The number of amides is 1. The summed E-state index contributed by atoms with van der Waals surface area (Å²) in [6.45, 7) is 8.00. The van der Waals surface area contributed by atoms with Gasteiger partial charge in [-0.15, -0.1) is 0 Å². The van der Waals surface area contributed by atoms with Crippen molar-refractivity contribution in [2.75, 3.05) is 38.5 Å². The molecule has 1 aromatic rings. The second-order valence-electron chi connectivity index (χ2n) is 7.68. The average molecular weight is 411 g/mol. The highest BCUT2D eigenvalue weighted by Crippen LogP contribution is 2.13. The number of hydrogen-bond donors (Lipinski definition) is 1. The highest BCUT2D eigenvalue weighted by Gasteiger charge is 2.26. The van der Waals surface area contributed by atoms with Crippen LogP contribution < -0.4 is 5.73 Å². The SMILES string of the molecule is CC(C)(C)OC(=O)N1CCN(C(N)=NCCCS(=O)(=O)c2ccccc2)CC1. The van der Waals surface area contributed by atoms with Gasteiger partial charge in [-0.3, -0.25) is 4.99 Å². The van der Waals surface area contributed by atoms with E-state index in [-0.39, 0.29) is 11.8 Å². The Morgan fingerprint density at radius 3 is 2.25 bits per heavy atom.